The van der Waals surface area contributed by atoms with E-state index >= 15 is 0 Å². The lowest BCUT2D eigenvalue weighted by Gasteiger charge is -2.30. The van der Waals surface area contributed by atoms with Crippen LogP contribution in [0.2, 0.25) is 0 Å². The number of benzene rings is 3. The largest absolute Gasteiger partial charge is 0.391 e. The van der Waals surface area contributed by atoms with Crippen molar-refractivity contribution in [3.8, 4) is 12.3 Å². The quantitative estimate of drug-likeness (QED) is 0.517. The van der Waals surface area contributed by atoms with Gasteiger partial charge < -0.3 is 4.43 Å². The SMILES string of the molecule is C#CC(C)(O[SiH](c1ccccc1)c1ccccc1)c1ccccc1. The third-order valence-corrected chi connectivity index (χ3v) is 6.85. The summed E-state index contributed by atoms with van der Waals surface area (Å²) in [6.07, 6.45) is 5.89. The van der Waals surface area contributed by atoms with Gasteiger partial charge in [-0.2, -0.15) is 0 Å². The van der Waals surface area contributed by atoms with Crippen molar-refractivity contribution in [2.45, 2.75) is 12.5 Å². The number of rotatable bonds is 5. The van der Waals surface area contributed by atoms with Crippen molar-refractivity contribution in [2.24, 2.45) is 0 Å². The smallest absolute Gasteiger partial charge is 0.242 e. The lowest BCUT2D eigenvalue weighted by Crippen LogP contribution is -2.49. The summed E-state index contributed by atoms with van der Waals surface area (Å²) in [5, 5.41) is 2.45. The molecule has 3 aromatic rings. The summed E-state index contributed by atoms with van der Waals surface area (Å²) in [6, 6.07) is 30.8. The van der Waals surface area contributed by atoms with E-state index in [9.17, 15) is 0 Å². The van der Waals surface area contributed by atoms with Crippen molar-refractivity contribution in [1.82, 2.24) is 0 Å². The average Bonchev–Trinajstić information content (AvgIpc) is 2.68. The van der Waals surface area contributed by atoms with Gasteiger partial charge in [-0.25, -0.2) is 0 Å². The molecule has 0 amide bonds. The van der Waals surface area contributed by atoms with Crippen LogP contribution >= 0.6 is 0 Å². The molecule has 0 radical (unpaired) electrons. The molecule has 0 fully saturated rings. The van der Waals surface area contributed by atoms with E-state index in [4.69, 9.17) is 10.8 Å². The molecule has 1 nitrogen and oxygen atoms in total. The lowest BCUT2D eigenvalue weighted by molar-refractivity contribution is 0.158. The third-order valence-electron chi connectivity index (χ3n) is 4.16. The molecule has 0 saturated heterocycles. The highest BCUT2D eigenvalue weighted by Crippen LogP contribution is 2.25. The standard InChI is InChI=1S/C22H20OSi/c1-3-22(2,19-13-7-4-8-14-19)23-24(20-15-9-5-10-16-20)21-17-11-6-12-18-21/h1,4-18,24H,2H3. The lowest BCUT2D eigenvalue weighted by atomic mass is 9.97. The molecule has 3 rings (SSSR count). The van der Waals surface area contributed by atoms with Crippen molar-refractivity contribution in [3.63, 3.8) is 0 Å². The first-order valence-electron chi connectivity index (χ1n) is 8.04. The van der Waals surface area contributed by atoms with Crippen LogP contribution in [-0.4, -0.2) is 9.04 Å². The molecule has 0 aromatic heterocycles. The van der Waals surface area contributed by atoms with Gasteiger partial charge >= 0.3 is 0 Å². The summed E-state index contributed by atoms with van der Waals surface area (Å²) in [5.41, 5.74) is 0.265. The monoisotopic (exact) mass is 328 g/mol. The Morgan fingerprint density at radius 2 is 1.17 bits per heavy atom. The molecule has 0 N–H and O–H groups in total. The Morgan fingerprint density at radius 1 is 0.750 bits per heavy atom. The van der Waals surface area contributed by atoms with Crippen LogP contribution in [0, 0.1) is 12.3 Å². The van der Waals surface area contributed by atoms with Crippen molar-refractivity contribution in [1.29, 1.82) is 0 Å². The Morgan fingerprint density at radius 3 is 1.58 bits per heavy atom. The number of terminal acetylenes is 1. The highest BCUT2D eigenvalue weighted by atomic mass is 28.3. The minimum Gasteiger partial charge on any atom is -0.391 e. The Balaban J connectivity index is 2.02. The van der Waals surface area contributed by atoms with E-state index in [1.165, 1.54) is 10.4 Å². The van der Waals surface area contributed by atoms with Gasteiger partial charge in [-0.05, 0) is 22.9 Å². The molecule has 0 aliphatic carbocycles. The van der Waals surface area contributed by atoms with Gasteiger partial charge in [-0.1, -0.05) is 96.9 Å². The van der Waals surface area contributed by atoms with E-state index in [0.29, 0.717) is 0 Å². The number of hydrogen-bond acceptors (Lipinski definition) is 1. The van der Waals surface area contributed by atoms with Crippen LogP contribution in [0.3, 0.4) is 0 Å². The molecule has 24 heavy (non-hydrogen) atoms. The molecule has 0 heterocycles. The van der Waals surface area contributed by atoms with Gasteiger partial charge in [-0.3, -0.25) is 0 Å². The molecule has 2 heteroatoms. The summed E-state index contributed by atoms with van der Waals surface area (Å²) in [7, 11) is -1.91. The highest BCUT2D eigenvalue weighted by Gasteiger charge is 2.31. The van der Waals surface area contributed by atoms with E-state index < -0.39 is 14.6 Å². The van der Waals surface area contributed by atoms with Gasteiger partial charge in [0.2, 0.25) is 9.04 Å². The first-order chi connectivity index (χ1) is 11.7. The number of hydrogen-bond donors (Lipinski definition) is 0. The summed E-state index contributed by atoms with van der Waals surface area (Å²) in [4.78, 5) is 0. The maximum atomic E-state index is 6.65. The molecule has 0 bridgehead atoms. The van der Waals surface area contributed by atoms with Crippen LogP contribution in [0.1, 0.15) is 12.5 Å². The molecular formula is C22H20OSi. The molecule has 3 aromatic carbocycles. The molecule has 1 unspecified atom stereocenters. The van der Waals surface area contributed by atoms with E-state index in [2.05, 4.69) is 54.5 Å². The van der Waals surface area contributed by atoms with E-state index in [0.717, 1.165) is 5.56 Å². The second kappa shape index (κ2) is 7.31. The molecule has 0 aliphatic rings. The fourth-order valence-corrected chi connectivity index (χ4v) is 5.24. The van der Waals surface area contributed by atoms with Crippen LogP contribution < -0.4 is 10.4 Å². The van der Waals surface area contributed by atoms with E-state index in [-0.39, 0.29) is 0 Å². The zero-order valence-electron chi connectivity index (χ0n) is 13.7. The predicted octanol–water partition coefficient (Wildman–Crippen LogP) is 3.09. The minimum atomic E-state index is -1.91. The van der Waals surface area contributed by atoms with Crippen molar-refractivity contribution in [3.05, 3.63) is 96.6 Å². The maximum absolute atomic E-state index is 6.65. The minimum absolute atomic E-state index is 0.746. The van der Waals surface area contributed by atoms with Gasteiger partial charge in [0.15, 0.2) is 0 Å². The molecular weight excluding hydrogens is 308 g/mol. The van der Waals surface area contributed by atoms with Gasteiger partial charge in [0.25, 0.3) is 0 Å². The zero-order valence-corrected chi connectivity index (χ0v) is 14.9. The molecule has 1 atom stereocenters. The topological polar surface area (TPSA) is 9.23 Å². The van der Waals surface area contributed by atoms with E-state index in [1.54, 1.807) is 0 Å². The third kappa shape index (κ3) is 3.49. The summed E-state index contributed by atoms with van der Waals surface area (Å²) >= 11 is 0. The average molecular weight is 328 g/mol. The molecule has 0 saturated carbocycles. The molecule has 0 spiro atoms. The van der Waals surface area contributed by atoms with Crippen LogP contribution in [0.15, 0.2) is 91.0 Å². The van der Waals surface area contributed by atoms with Crippen molar-refractivity contribution >= 4 is 19.4 Å². The first-order valence-corrected chi connectivity index (χ1v) is 9.66. The van der Waals surface area contributed by atoms with Crippen molar-refractivity contribution < 1.29 is 4.43 Å². The summed E-state index contributed by atoms with van der Waals surface area (Å²) < 4.78 is 6.65. The van der Waals surface area contributed by atoms with Gasteiger partial charge in [0, 0.05) is 0 Å². The Bertz CT molecular complexity index is 769. The van der Waals surface area contributed by atoms with Crippen LogP contribution in [-0.2, 0) is 10.0 Å². The van der Waals surface area contributed by atoms with Crippen LogP contribution in [0.4, 0.5) is 0 Å². The second-order valence-electron chi connectivity index (χ2n) is 5.86. The highest BCUT2D eigenvalue weighted by molar-refractivity contribution is 6.80. The Hall–Kier alpha value is -2.60. The van der Waals surface area contributed by atoms with Crippen LogP contribution in [0.25, 0.3) is 0 Å². The zero-order chi connectivity index (χ0) is 16.8. The van der Waals surface area contributed by atoms with E-state index in [1.807, 2.05) is 49.4 Å². The maximum Gasteiger partial charge on any atom is 0.242 e. The summed E-state index contributed by atoms with van der Waals surface area (Å²) in [5.74, 6) is 2.88. The predicted molar refractivity (Wildman–Crippen MR) is 103 cm³/mol. The normalized spacial score (nSPS) is 13.2. The second-order valence-corrected chi connectivity index (χ2v) is 8.19. The Labute approximate surface area is 145 Å². The van der Waals surface area contributed by atoms with Crippen LogP contribution in [0.5, 0.6) is 0 Å². The van der Waals surface area contributed by atoms with Gasteiger partial charge in [0.05, 0.1) is 0 Å². The Kier molecular flexibility index (Phi) is 4.95. The fourth-order valence-electron chi connectivity index (χ4n) is 2.76. The summed E-state index contributed by atoms with van der Waals surface area (Å²) in [6.45, 7) is 1.98. The molecule has 118 valence electrons. The van der Waals surface area contributed by atoms with Gasteiger partial charge in [0.1, 0.15) is 5.60 Å². The molecule has 0 aliphatic heterocycles. The van der Waals surface area contributed by atoms with Crippen molar-refractivity contribution in [2.75, 3.05) is 0 Å². The van der Waals surface area contributed by atoms with Gasteiger partial charge in [-0.15, -0.1) is 6.42 Å². The fraction of sp³-hybridized carbons (Fsp3) is 0.0909. The first kappa shape index (κ1) is 16.3.